The highest BCUT2D eigenvalue weighted by molar-refractivity contribution is 7.13. The molecule has 3 N–H and O–H groups in total. The summed E-state index contributed by atoms with van der Waals surface area (Å²) in [6, 6.07) is 14.6. The number of rotatable bonds is 9. The quantitative estimate of drug-likeness (QED) is 0.159. The number of likely N-dealkylation sites (N-methyl/N-ethyl adjacent to an activating group) is 1. The average molecular weight is 698 g/mol. The molecule has 0 radical (unpaired) electrons. The maximum atomic E-state index is 14.3. The van der Waals surface area contributed by atoms with E-state index in [9.17, 15) is 19.2 Å². The Labute approximate surface area is 296 Å². The third-order valence-electron chi connectivity index (χ3n) is 8.21. The molecule has 0 fully saturated rings. The number of aromatic nitrogens is 1. The fourth-order valence-corrected chi connectivity index (χ4v) is 6.69. The molecule has 4 aromatic rings. The summed E-state index contributed by atoms with van der Waals surface area (Å²) in [5, 5.41) is 10.7. The molecule has 0 saturated carbocycles. The van der Waals surface area contributed by atoms with Gasteiger partial charge in [-0.25, -0.2) is 14.6 Å². The van der Waals surface area contributed by atoms with E-state index in [2.05, 4.69) is 37.3 Å². The van der Waals surface area contributed by atoms with Crippen LogP contribution >= 0.6 is 11.3 Å². The number of aryl methyl sites for hydroxylation is 1. The standard InChI is InChI=1S/C38H43N5O6S/c1-8-15-39-35(45)30-12-10-25(32(41-30)36(46)48-7)26-20-31-28(33-24(14-17-50-33)13-16-43(31)6)19-27(26)34(44)42-29-11-9-23(18-22(29)2)21-40-37(47)49-38(3,4)5/h9-12,14,17-20H,8,13,15-16,21H2,1-7H3,(H,39,45)(H,40,47)(H,42,44). The first-order chi connectivity index (χ1) is 23.8. The number of hydrogen-bond acceptors (Lipinski definition) is 9. The van der Waals surface area contributed by atoms with Gasteiger partial charge >= 0.3 is 12.1 Å². The number of esters is 1. The molecule has 1 aliphatic heterocycles. The first kappa shape index (κ1) is 36.1. The molecular formula is C38H43N5O6S. The van der Waals surface area contributed by atoms with E-state index in [-0.39, 0.29) is 17.9 Å². The molecule has 0 aliphatic carbocycles. The van der Waals surface area contributed by atoms with Crippen LogP contribution in [0.25, 0.3) is 21.6 Å². The van der Waals surface area contributed by atoms with Crippen molar-refractivity contribution >= 4 is 46.6 Å². The van der Waals surface area contributed by atoms with Crippen molar-refractivity contribution in [1.82, 2.24) is 15.6 Å². The molecule has 5 rings (SSSR count). The lowest BCUT2D eigenvalue weighted by Gasteiger charge is -2.23. The van der Waals surface area contributed by atoms with Crippen molar-refractivity contribution in [3.63, 3.8) is 0 Å². The van der Waals surface area contributed by atoms with Crippen molar-refractivity contribution in [2.45, 2.75) is 59.6 Å². The van der Waals surface area contributed by atoms with Crippen LogP contribution in [0.3, 0.4) is 0 Å². The SMILES string of the molecule is CCCNC(=O)c1ccc(-c2cc3c(cc2C(=O)Nc2ccc(CNC(=O)OC(C)(C)C)cc2C)-c2sccc2CCN3C)c(C(=O)OC)n1. The number of amides is 3. The molecule has 0 saturated heterocycles. The van der Waals surface area contributed by atoms with Crippen LogP contribution in [-0.2, 0) is 22.4 Å². The number of alkyl carbamates (subject to hydrolysis) is 1. The average Bonchev–Trinajstić information content (AvgIpc) is 3.51. The lowest BCUT2D eigenvalue weighted by Crippen LogP contribution is -2.32. The van der Waals surface area contributed by atoms with E-state index in [0.717, 1.165) is 46.6 Å². The number of pyridine rings is 1. The first-order valence-corrected chi connectivity index (χ1v) is 17.4. The topological polar surface area (TPSA) is 139 Å². The molecule has 2 aromatic carbocycles. The number of nitrogens with one attached hydrogen (secondary N) is 3. The first-order valence-electron chi connectivity index (χ1n) is 16.5. The molecule has 0 unspecified atom stereocenters. The molecular weight excluding hydrogens is 655 g/mol. The van der Waals surface area contributed by atoms with Crippen molar-refractivity contribution < 1.29 is 28.7 Å². The molecule has 11 nitrogen and oxygen atoms in total. The Hall–Kier alpha value is -5.23. The summed E-state index contributed by atoms with van der Waals surface area (Å²) in [5.74, 6) is -1.53. The van der Waals surface area contributed by atoms with Gasteiger partial charge in [-0.05, 0) is 105 Å². The summed E-state index contributed by atoms with van der Waals surface area (Å²) in [5.41, 5.74) is 5.76. The fraction of sp³-hybridized carbons (Fsp3) is 0.342. The number of thiophene rings is 1. The van der Waals surface area contributed by atoms with E-state index < -0.39 is 29.5 Å². The van der Waals surface area contributed by atoms with E-state index in [1.54, 1.807) is 50.3 Å². The van der Waals surface area contributed by atoms with Crippen molar-refractivity contribution in [2.24, 2.45) is 0 Å². The van der Waals surface area contributed by atoms with Gasteiger partial charge in [0.2, 0.25) is 0 Å². The van der Waals surface area contributed by atoms with E-state index in [1.165, 1.54) is 12.7 Å². The monoisotopic (exact) mass is 697 g/mol. The molecule has 12 heteroatoms. The normalized spacial score (nSPS) is 12.3. The largest absolute Gasteiger partial charge is 0.464 e. The Kier molecular flexibility index (Phi) is 10.9. The Morgan fingerprint density at radius 2 is 1.74 bits per heavy atom. The lowest BCUT2D eigenvalue weighted by molar-refractivity contribution is 0.0522. The minimum atomic E-state index is -0.730. The summed E-state index contributed by atoms with van der Waals surface area (Å²) >= 11 is 1.62. The second-order valence-corrected chi connectivity index (χ2v) is 14.1. The smallest absolute Gasteiger partial charge is 0.407 e. The Morgan fingerprint density at radius 1 is 0.960 bits per heavy atom. The number of ether oxygens (including phenoxy) is 2. The summed E-state index contributed by atoms with van der Waals surface area (Å²) in [6.45, 7) is 10.7. The van der Waals surface area contributed by atoms with Gasteiger partial charge < -0.3 is 30.3 Å². The Bertz CT molecular complexity index is 1950. The molecule has 3 heterocycles. The maximum absolute atomic E-state index is 14.3. The van der Waals surface area contributed by atoms with Gasteiger partial charge in [0.15, 0.2) is 5.69 Å². The third kappa shape index (κ3) is 8.14. The summed E-state index contributed by atoms with van der Waals surface area (Å²) in [6.07, 6.45) is 1.07. The maximum Gasteiger partial charge on any atom is 0.407 e. The number of benzene rings is 2. The Balaban J connectivity index is 1.57. The molecule has 2 aromatic heterocycles. The van der Waals surface area contributed by atoms with E-state index >= 15 is 0 Å². The van der Waals surface area contributed by atoms with Gasteiger partial charge in [0.05, 0.1) is 7.11 Å². The number of nitrogens with zero attached hydrogens (tertiary/aromatic N) is 2. The van der Waals surface area contributed by atoms with Crippen LogP contribution in [0, 0.1) is 6.92 Å². The number of anilines is 2. The van der Waals surface area contributed by atoms with Crippen LogP contribution in [0.15, 0.2) is 53.9 Å². The summed E-state index contributed by atoms with van der Waals surface area (Å²) < 4.78 is 10.4. The minimum absolute atomic E-state index is 0.0700. The number of methoxy groups -OCH3 is 1. The molecule has 1 aliphatic rings. The lowest BCUT2D eigenvalue weighted by atomic mass is 9.92. The van der Waals surface area contributed by atoms with Crippen molar-refractivity contribution in [2.75, 3.05) is 37.5 Å². The predicted octanol–water partition coefficient (Wildman–Crippen LogP) is 6.98. The van der Waals surface area contributed by atoms with E-state index in [4.69, 9.17) is 9.47 Å². The second-order valence-electron chi connectivity index (χ2n) is 13.2. The van der Waals surface area contributed by atoms with Crippen LogP contribution in [0.4, 0.5) is 16.2 Å². The molecule has 0 bridgehead atoms. The van der Waals surface area contributed by atoms with Crippen LogP contribution < -0.4 is 20.9 Å². The minimum Gasteiger partial charge on any atom is -0.464 e. The molecule has 3 amide bonds. The zero-order valence-corrected chi connectivity index (χ0v) is 30.3. The van der Waals surface area contributed by atoms with Gasteiger partial charge in [0.1, 0.15) is 11.3 Å². The summed E-state index contributed by atoms with van der Waals surface area (Å²) in [4.78, 5) is 60.2. The number of carbonyl (C=O) groups excluding carboxylic acids is 4. The van der Waals surface area contributed by atoms with Gasteiger partial charge in [-0.3, -0.25) is 9.59 Å². The third-order valence-corrected chi connectivity index (χ3v) is 9.20. The predicted molar refractivity (Wildman–Crippen MR) is 196 cm³/mol. The van der Waals surface area contributed by atoms with Gasteiger partial charge in [-0.2, -0.15) is 0 Å². The van der Waals surface area contributed by atoms with E-state index in [1.807, 2.05) is 45.2 Å². The van der Waals surface area contributed by atoms with Crippen LogP contribution in [-0.4, -0.2) is 61.7 Å². The molecule has 0 spiro atoms. The van der Waals surface area contributed by atoms with Crippen molar-refractivity contribution in [3.05, 3.63) is 87.6 Å². The highest BCUT2D eigenvalue weighted by atomic mass is 32.1. The van der Waals surface area contributed by atoms with Crippen molar-refractivity contribution in [1.29, 1.82) is 0 Å². The zero-order valence-electron chi connectivity index (χ0n) is 29.5. The molecule has 50 heavy (non-hydrogen) atoms. The van der Waals surface area contributed by atoms with Crippen LogP contribution in [0.5, 0.6) is 0 Å². The number of fused-ring (bicyclic) bond motifs is 3. The van der Waals surface area contributed by atoms with Gasteiger partial charge in [-0.15, -0.1) is 11.3 Å². The van der Waals surface area contributed by atoms with Crippen molar-refractivity contribution in [3.8, 4) is 21.6 Å². The summed E-state index contributed by atoms with van der Waals surface area (Å²) in [7, 11) is 3.26. The van der Waals surface area contributed by atoms with E-state index in [0.29, 0.717) is 28.9 Å². The van der Waals surface area contributed by atoms with Gasteiger partial charge in [0, 0.05) is 59.6 Å². The molecule has 262 valence electrons. The van der Waals surface area contributed by atoms with Gasteiger partial charge in [-0.1, -0.05) is 19.1 Å². The number of hydrogen-bond donors (Lipinski definition) is 3. The highest BCUT2D eigenvalue weighted by Gasteiger charge is 2.28. The molecule has 0 atom stereocenters. The number of carbonyl (C=O) groups is 4. The Morgan fingerprint density at radius 3 is 2.44 bits per heavy atom. The zero-order chi connectivity index (χ0) is 36.2. The van der Waals surface area contributed by atoms with Gasteiger partial charge in [0.25, 0.3) is 11.8 Å². The van der Waals surface area contributed by atoms with Crippen LogP contribution in [0.1, 0.15) is 82.1 Å². The highest BCUT2D eigenvalue weighted by Crippen LogP contribution is 2.43. The second kappa shape index (κ2) is 15.1. The fourth-order valence-electron chi connectivity index (χ4n) is 5.71. The van der Waals surface area contributed by atoms with Crippen LogP contribution in [0.2, 0.25) is 0 Å².